The van der Waals surface area contributed by atoms with Crippen molar-refractivity contribution >= 4 is 15.9 Å². The molecule has 0 aromatic heterocycles. The number of hydrogen-bond donors (Lipinski definition) is 1. The molecule has 1 heterocycles. The lowest BCUT2D eigenvalue weighted by molar-refractivity contribution is -0.121. The second-order valence-electron chi connectivity index (χ2n) is 6.06. The molecule has 1 N–H and O–H groups in total. The van der Waals surface area contributed by atoms with Crippen molar-refractivity contribution in [3.05, 3.63) is 29.8 Å². The topological polar surface area (TPSA) is 84.9 Å². The van der Waals surface area contributed by atoms with Crippen LogP contribution in [0, 0.1) is 5.92 Å². The molecule has 8 heteroatoms. The molecule has 1 aliphatic rings. The zero-order chi connectivity index (χ0) is 17.7. The second-order valence-corrected chi connectivity index (χ2v) is 8.29. The Hall–Kier alpha value is -1.64. The summed E-state index contributed by atoms with van der Waals surface area (Å²) in [7, 11) is 1.24. The van der Waals surface area contributed by atoms with E-state index in [9.17, 15) is 13.2 Å². The van der Waals surface area contributed by atoms with E-state index in [1.807, 2.05) is 18.2 Å². The molecule has 0 radical (unpaired) electrons. The predicted molar refractivity (Wildman–Crippen MR) is 90.4 cm³/mol. The number of sulfonamides is 1. The van der Waals surface area contributed by atoms with Gasteiger partial charge in [0.25, 0.3) is 0 Å². The molecule has 2 rings (SSSR count). The van der Waals surface area contributed by atoms with Crippen LogP contribution in [0.2, 0.25) is 0 Å². The molecule has 0 spiro atoms. The lowest BCUT2D eigenvalue weighted by atomic mass is 10.1. The van der Waals surface area contributed by atoms with E-state index in [0.29, 0.717) is 19.0 Å². The van der Waals surface area contributed by atoms with Crippen molar-refractivity contribution in [3.63, 3.8) is 0 Å². The van der Waals surface area contributed by atoms with Crippen LogP contribution in [0.4, 0.5) is 0 Å². The Bertz CT molecular complexity index is 675. The highest BCUT2D eigenvalue weighted by Gasteiger charge is 2.34. The average Bonchev–Trinajstić information content (AvgIpc) is 2.93. The number of rotatable bonds is 7. The van der Waals surface area contributed by atoms with E-state index in [-0.39, 0.29) is 30.0 Å². The molecule has 0 unspecified atom stereocenters. The van der Waals surface area contributed by atoms with Crippen LogP contribution in [-0.4, -0.2) is 64.8 Å². The zero-order valence-corrected chi connectivity index (χ0v) is 15.0. The van der Waals surface area contributed by atoms with Crippen LogP contribution in [0.1, 0.15) is 5.56 Å². The smallest absolute Gasteiger partial charge is 0.224 e. The van der Waals surface area contributed by atoms with Gasteiger partial charge in [-0.05, 0) is 17.7 Å². The average molecular weight is 356 g/mol. The van der Waals surface area contributed by atoms with Gasteiger partial charge in [0.2, 0.25) is 15.9 Å². The summed E-state index contributed by atoms with van der Waals surface area (Å²) in [6.45, 7) is 0.661. The minimum atomic E-state index is -3.33. The molecule has 24 heavy (non-hydrogen) atoms. The molecule has 0 aliphatic carbocycles. The van der Waals surface area contributed by atoms with E-state index < -0.39 is 10.0 Å². The Labute approximate surface area is 143 Å². The fourth-order valence-corrected chi connectivity index (χ4v) is 3.74. The normalized spacial score (nSPS) is 21.0. The molecule has 1 aromatic rings. The summed E-state index contributed by atoms with van der Waals surface area (Å²) in [6.07, 6.45) is 0.209. The first-order valence-electron chi connectivity index (χ1n) is 7.72. The number of methoxy groups -OCH3 is 1. The first kappa shape index (κ1) is 18.7. The molecule has 7 nitrogen and oxygen atoms in total. The SMILES string of the molecule is COc1cccc(CC(=O)N[C@@H]2COC[C@H]2CS(=O)(=O)N(C)C)c1. The monoisotopic (exact) mass is 356 g/mol. The number of nitrogens with one attached hydrogen (secondary N) is 1. The van der Waals surface area contributed by atoms with Gasteiger partial charge in [0, 0.05) is 20.0 Å². The van der Waals surface area contributed by atoms with Crippen LogP contribution in [0.25, 0.3) is 0 Å². The van der Waals surface area contributed by atoms with Crippen LogP contribution < -0.4 is 10.1 Å². The van der Waals surface area contributed by atoms with E-state index >= 15 is 0 Å². The molecule has 1 amide bonds. The highest BCUT2D eigenvalue weighted by atomic mass is 32.2. The molecular formula is C16H24N2O5S. The van der Waals surface area contributed by atoms with Gasteiger partial charge in [-0.1, -0.05) is 12.1 Å². The van der Waals surface area contributed by atoms with E-state index in [1.54, 1.807) is 13.2 Å². The Balaban J connectivity index is 1.95. The predicted octanol–water partition coefficient (Wildman–Crippen LogP) is 0.260. The molecule has 0 saturated carbocycles. The third-order valence-corrected chi connectivity index (χ3v) is 5.99. The fourth-order valence-electron chi connectivity index (χ4n) is 2.57. The van der Waals surface area contributed by atoms with Gasteiger partial charge in [0.05, 0.1) is 38.5 Å². The summed E-state index contributed by atoms with van der Waals surface area (Å²) >= 11 is 0. The molecule has 134 valence electrons. The molecule has 1 saturated heterocycles. The van der Waals surface area contributed by atoms with Gasteiger partial charge in [-0.3, -0.25) is 4.79 Å². The highest BCUT2D eigenvalue weighted by molar-refractivity contribution is 7.89. The van der Waals surface area contributed by atoms with Crippen molar-refractivity contribution in [2.75, 3.05) is 40.2 Å². The Morgan fingerprint density at radius 1 is 1.38 bits per heavy atom. The quantitative estimate of drug-likeness (QED) is 0.758. The van der Waals surface area contributed by atoms with Crippen molar-refractivity contribution in [2.45, 2.75) is 12.5 Å². The maximum absolute atomic E-state index is 12.2. The first-order chi connectivity index (χ1) is 11.3. The summed E-state index contributed by atoms with van der Waals surface area (Å²) in [6, 6.07) is 7.00. The van der Waals surface area contributed by atoms with Crippen LogP contribution in [0.15, 0.2) is 24.3 Å². The summed E-state index contributed by atoms with van der Waals surface area (Å²) in [5, 5.41) is 2.89. The van der Waals surface area contributed by atoms with Crippen molar-refractivity contribution in [1.29, 1.82) is 0 Å². The van der Waals surface area contributed by atoms with Gasteiger partial charge in [0.1, 0.15) is 5.75 Å². The molecule has 0 bridgehead atoms. The van der Waals surface area contributed by atoms with Crippen molar-refractivity contribution < 1.29 is 22.7 Å². The van der Waals surface area contributed by atoms with Crippen LogP contribution in [-0.2, 0) is 26.0 Å². The standard InChI is InChI=1S/C16H24N2O5S/c1-18(2)24(20,21)11-13-9-23-10-15(13)17-16(19)8-12-5-4-6-14(7-12)22-3/h4-7,13,15H,8-11H2,1-3H3,(H,17,19)/t13-,15+/m0/s1. The van der Waals surface area contributed by atoms with E-state index in [2.05, 4.69) is 5.32 Å². The minimum Gasteiger partial charge on any atom is -0.497 e. The summed E-state index contributed by atoms with van der Waals surface area (Å²) in [5.41, 5.74) is 0.836. The minimum absolute atomic E-state index is 0.0376. The molecule has 1 aliphatic heterocycles. The van der Waals surface area contributed by atoms with Gasteiger partial charge in [0.15, 0.2) is 0 Å². The van der Waals surface area contributed by atoms with Gasteiger partial charge in [-0.15, -0.1) is 0 Å². The van der Waals surface area contributed by atoms with E-state index in [4.69, 9.17) is 9.47 Å². The maximum atomic E-state index is 12.2. The summed E-state index contributed by atoms with van der Waals surface area (Å²) in [4.78, 5) is 12.2. The largest absolute Gasteiger partial charge is 0.497 e. The van der Waals surface area contributed by atoms with Gasteiger partial charge >= 0.3 is 0 Å². The lowest BCUT2D eigenvalue weighted by Crippen LogP contribution is -2.44. The Morgan fingerprint density at radius 3 is 2.79 bits per heavy atom. The van der Waals surface area contributed by atoms with Gasteiger partial charge < -0.3 is 14.8 Å². The Kier molecular flexibility index (Phi) is 6.20. The van der Waals surface area contributed by atoms with Crippen molar-refractivity contribution in [3.8, 4) is 5.75 Å². The number of ether oxygens (including phenoxy) is 2. The summed E-state index contributed by atoms with van der Waals surface area (Å²) in [5.74, 6) is 0.251. The Morgan fingerprint density at radius 2 is 2.12 bits per heavy atom. The third-order valence-electron chi connectivity index (χ3n) is 4.02. The molecule has 1 fully saturated rings. The molecule has 2 atom stereocenters. The summed E-state index contributed by atoms with van der Waals surface area (Å²) < 4.78 is 35.7. The second kappa shape index (κ2) is 7.96. The number of amides is 1. The number of hydrogen-bond acceptors (Lipinski definition) is 5. The van der Waals surface area contributed by atoms with E-state index in [1.165, 1.54) is 18.4 Å². The maximum Gasteiger partial charge on any atom is 0.224 e. The van der Waals surface area contributed by atoms with Gasteiger partial charge in [-0.25, -0.2) is 12.7 Å². The number of carbonyl (C=O) groups is 1. The van der Waals surface area contributed by atoms with Crippen LogP contribution >= 0.6 is 0 Å². The van der Waals surface area contributed by atoms with Gasteiger partial charge in [-0.2, -0.15) is 0 Å². The van der Waals surface area contributed by atoms with Crippen molar-refractivity contribution in [2.24, 2.45) is 5.92 Å². The fraction of sp³-hybridized carbons (Fsp3) is 0.562. The van der Waals surface area contributed by atoms with Crippen molar-refractivity contribution in [1.82, 2.24) is 9.62 Å². The zero-order valence-electron chi connectivity index (χ0n) is 14.2. The third kappa shape index (κ3) is 4.93. The molecule has 1 aromatic carbocycles. The lowest BCUT2D eigenvalue weighted by Gasteiger charge is -2.21. The number of nitrogens with zero attached hydrogens (tertiary/aromatic N) is 1. The molecular weight excluding hydrogens is 332 g/mol. The van der Waals surface area contributed by atoms with Crippen LogP contribution in [0.5, 0.6) is 5.75 Å². The highest BCUT2D eigenvalue weighted by Crippen LogP contribution is 2.18. The number of carbonyl (C=O) groups excluding carboxylic acids is 1. The number of benzene rings is 1. The van der Waals surface area contributed by atoms with E-state index in [0.717, 1.165) is 5.56 Å². The first-order valence-corrected chi connectivity index (χ1v) is 9.33. The van der Waals surface area contributed by atoms with Crippen LogP contribution in [0.3, 0.4) is 0 Å².